The topological polar surface area (TPSA) is 38.1 Å². The summed E-state index contributed by atoms with van der Waals surface area (Å²) in [6.07, 6.45) is 2.04. The number of hydrogen-bond donors (Lipinski definition) is 1. The van der Waals surface area contributed by atoms with Crippen LogP contribution in [0.1, 0.15) is 17.9 Å². The van der Waals surface area contributed by atoms with Gasteiger partial charge < -0.3 is 9.84 Å². The van der Waals surface area contributed by atoms with Gasteiger partial charge in [-0.05, 0) is 13.0 Å². The number of aromatic nitrogens is 1. The fourth-order valence-electron chi connectivity index (χ4n) is 2.24. The molecule has 1 saturated heterocycles. The fraction of sp³-hybridized carbons (Fsp3) is 0.364. The second-order valence-corrected chi connectivity index (χ2v) is 4.01. The molecular formula is C11H10F2N2O. The van der Waals surface area contributed by atoms with Gasteiger partial charge in [0.05, 0.1) is 11.6 Å². The van der Waals surface area contributed by atoms with Crippen LogP contribution in [0.15, 0.2) is 16.8 Å². The summed E-state index contributed by atoms with van der Waals surface area (Å²) in [5, 5.41) is 6.82. The molecule has 2 heterocycles. The second-order valence-electron chi connectivity index (χ2n) is 4.01. The van der Waals surface area contributed by atoms with E-state index in [-0.39, 0.29) is 22.5 Å². The van der Waals surface area contributed by atoms with Gasteiger partial charge in [0, 0.05) is 24.1 Å². The molecule has 1 aromatic heterocycles. The summed E-state index contributed by atoms with van der Waals surface area (Å²) in [7, 11) is 0. The number of benzene rings is 1. The molecule has 1 aliphatic heterocycles. The van der Waals surface area contributed by atoms with Crippen LogP contribution < -0.4 is 5.32 Å². The molecular weight excluding hydrogens is 214 g/mol. The molecule has 5 heteroatoms. The molecule has 1 aromatic carbocycles. The third-order valence-electron chi connectivity index (χ3n) is 3.05. The predicted molar refractivity (Wildman–Crippen MR) is 54.2 cm³/mol. The maximum Gasteiger partial charge on any atom is 0.172 e. The predicted octanol–water partition coefficient (Wildman–Crippen LogP) is 2.18. The van der Waals surface area contributed by atoms with Crippen LogP contribution >= 0.6 is 0 Å². The minimum atomic E-state index is -0.546. The first-order valence-electron chi connectivity index (χ1n) is 5.20. The van der Waals surface area contributed by atoms with E-state index in [4.69, 9.17) is 4.52 Å². The monoisotopic (exact) mass is 224 g/mol. The van der Waals surface area contributed by atoms with Crippen molar-refractivity contribution in [1.82, 2.24) is 10.5 Å². The van der Waals surface area contributed by atoms with Crippen LogP contribution in [0, 0.1) is 11.6 Å². The summed E-state index contributed by atoms with van der Waals surface area (Å²) < 4.78 is 32.6. The van der Waals surface area contributed by atoms with Crippen LogP contribution in [0.4, 0.5) is 8.78 Å². The van der Waals surface area contributed by atoms with E-state index in [1.54, 1.807) is 0 Å². The van der Waals surface area contributed by atoms with Gasteiger partial charge in [-0.15, -0.1) is 0 Å². The van der Waals surface area contributed by atoms with Crippen molar-refractivity contribution in [3.63, 3.8) is 0 Å². The number of rotatable bonds is 1. The number of halogens is 2. The van der Waals surface area contributed by atoms with Crippen LogP contribution in [0.5, 0.6) is 0 Å². The van der Waals surface area contributed by atoms with E-state index < -0.39 is 11.6 Å². The first kappa shape index (κ1) is 9.72. The van der Waals surface area contributed by atoms with Gasteiger partial charge in [0.1, 0.15) is 11.6 Å². The highest BCUT2D eigenvalue weighted by atomic mass is 19.1. The zero-order valence-electron chi connectivity index (χ0n) is 8.46. The van der Waals surface area contributed by atoms with Crippen molar-refractivity contribution >= 4 is 11.0 Å². The molecule has 1 unspecified atom stereocenters. The maximum atomic E-state index is 14.0. The maximum absolute atomic E-state index is 14.0. The highest BCUT2D eigenvalue weighted by Crippen LogP contribution is 2.32. The van der Waals surface area contributed by atoms with Gasteiger partial charge >= 0.3 is 0 Å². The van der Waals surface area contributed by atoms with Crippen molar-refractivity contribution in [2.24, 2.45) is 0 Å². The molecule has 0 aliphatic carbocycles. The van der Waals surface area contributed by atoms with Crippen molar-refractivity contribution in [1.29, 1.82) is 0 Å². The Morgan fingerprint density at radius 2 is 2.31 bits per heavy atom. The molecule has 1 aliphatic rings. The molecule has 1 fully saturated rings. The van der Waals surface area contributed by atoms with Crippen LogP contribution in [0.3, 0.4) is 0 Å². The van der Waals surface area contributed by atoms with E-state index in [0.717, 1.165) is 13.0 Å². The lowest BCUT2D eigenvalue weighted by atomic mass is 9.96. The van der Waals surface area contributed by atoms with E-state index in [1.807, 2.05) is 0 Å². The van der Waals surface area contributed by atoms with E-state index >= 15 is 0 Å². The van der Waals surface area contributed by atoms with Crippen LogP contribution in [0.2, 0.25) is 0 Å². The normalized spacial score (nSPS) is 20.8. The molecule has 0 radical (unpaired) electrons. The van der Waals surface area contributed by atoms with Gasteiger partial charge in [-0.3, -0.25) is 0 Å². The summed E-state index contributed by atoms with van der Waals surface area (Å²) in [6.45, 7) is 1.41. The Hall–Kier alpha value is -1.49. The third kappa shape index (κ3) is 1.31. The lowest BCUT2D eigenvalue weighted by Crippen LogP contribution is -2.10. The zero-order valence-corrected chi connectivity index (χ0v) is 8.46. The Bertz CT molecular complexity index is 532. The molecule has 2 aromatic rings. The lowest BCUT2D eigenvalue weighted by molar-refractivity contribution is 0.453. The van der Waals surface area contributed by atoms with Gasteiger partial charge in [0.2, 0.25) is 0 Å². The molecule has 1 N–H and O–H groups in total. The van der Waals surface area contributed by atoms with Crippen molar-refractivity contribution < 1.29 is 13.3 Å². The van der Waals surface area contributed by atoms with E-state index in [2.05, 4.69) is 10.5 Å². The van der Waals surface area contributed by atoms with Gasteiger partial charge in [-0.25, -0.2) is 8.78 Å². The highest BCUT2D eigenvalue weighted by Gasteiger charge is 2.26. The number of nitrogens with one attached hydrogen (secondary N) is 1. The Labute approximate surface area is 90.4 Å². The first-order valence-corrected chi connectivity index (χ1v) is 5.20. The third-order valence-corrected chi connectivity index (χ3v) is 3.05. The highest BCUT2D eigenvalue weighted by molar-refractivity contribution is 5.78. The van der Waals surface area contributed by atoms with Crippen LogP contribution in [-0.2, 0) is 0 Å². The van der Waals surface area contributed by atoms with Gasteiger partial charge in [0.25, 0.3) is 0 Å². The number of nitrogens with zero attached hydrogens (tertiary/aromatic N) is 1. The average Bonchev–Trinajstić information content (AvgIpc) is 2.87. The molecule has 3 nitrogen and oxygen atoms in total. The SMILES string of the molecule is Fc1cc2oncc2c(F)c1C1CCNC1. The second kappa shape index (κ2) is 3.52. The Morgan fingerprint density at radius 3 is 3.06 bits per heavy atom. The summed E-state index contributed by atoms with van der Waals surface area (Å²) in [5.74, 6) is -1.18. The Kier molecular flexibility index (Phi) is 2.14. The van der Waals surface area contributed by atoms with Gasteiger partial charge in [-0.1, -0.05) is 5.16 Å². The number of hydrogen-bond acceptors (Lipinski definition) is 3. The van der Waals surface area contributed by atoms with Crippen LogP contribution in [0.25, 0.3) is 11.0 Å². The molecule has 1 atom stereocenters. The van der Waals surface area contributed by atoms with Crippen molar-refractivity contribution in [2.45, 2.75) is 12.3 Å². The number of fused-ring (bicyclic) bond motifs is 1. The quantitative estimate of drug-likeness (QED) is 0.806. The summed E-state index contributed by atoms with van der Waals surface area (Å²) in [4.78, 5) is 0. The standard InChI is InChI=1S/C11H10F2N2O/c12-8-3-9-7(5-15-16-9)11(13)10(8)6-1-2-14-4-6/h3,5-6,14H,1-2,4H2. The van der Waals surface area contributed by atoms with Crippen molar-refractivity contribution in [3.8, 4) is 0 Å². The van der Waals surface area contributed by atoms with Gasteiger partial charge in [0.15, 0.2) is 5.58 Å². The molecule has 0 bridgehead atoms. The van der Waals surface area contributed by atoms with E-state index in [0.29, 0.717) is 6.54 Å². The smallest absolute Gasteiger partial charge is 0.172 e. The largest absolute Gasteiger partial charge is 0.356 e. The average molecular weight is 224 g/mol. The Balaban J connectivity index is 2.21. The first-order chi connectivity index (χ1) is 7.77. The minimum Gasteiger partial charge on any atom is -0.356 e. The molecule has 0 saturated carbocycles. The summed E-state index contributed by atoms with van der Waals surface area (Å²) in [5.41, 5.74) is 0.311. The summed E-state index contributed by atoms with van der Waals surface area (Å²) in [6, 6.07) is 1.21. The molecule has 3 rings (SSSR count). The Morgan fingerprint density at radius 1 is 1.44 bits per heavy atom. The molecule has 84 valence electrons. The van der Waals surface area contributed by atoms with E-state index in [9.17, 15) is 8.78 Å². The van der Waals surface area contributed by atoms with Crippen molar-refractivity contribution in [2.75, 3.05) is 13.1 Å². The molecule has 0 amide bonds. The molecule has 0 spiro atoms. The van der Waals surface area contributed by atoms with Gasteiger partial charge in [-0.2, -0.15) is 0 Å². The van der Waals surface area contributed by atoms with Crippen molar-refractivity contribution in [3.05, 3.63) is 29.5 Å². The lowest BCUT2D eigenvalue weighted by Gasteiger charge is -2.11. The zero-order chi connectivity index (χ0) is 11.1. The minimum absolute atomic E-state index is 0.0979. The van der Waals surface area contributed by atoms with Crippen LogP contribution in [-0.4, -0.2) is 18.2 Å². The summed E-state index contributed by atoms with van der Waals surface area (Å²) >= 11 is 0. The fourth-order valence-corrected chi connectivity index (χ4v) is 2.24. The van der Waals surface area contributed by atoms with E-state index in [1.165, 1.54) is 12.3 Å². The molecule has 16 heavy (non-hydrogen) atoms.